The minimum absolute atomic E-state index is 0.122. The number of benzene rings is 1. The van der Waals surface area contributed by atoms with Gasteiger partial charge in [-0.2, -0.15) is 0 Å². The molecule has 1 aromatic heterocycles. The number of hydrogen-bond donors (Lipinski definition) is 0. The number of anilines is 1. The van der Waals surface area contributed by atoms with Crippen LogP contribution in [0, 0.1) is 20.8 Å². The highest BCUT2D eigenvalue weighted by Gasteiger charge is 2.24. The van der Waals surface area contributed by atoms with Crippen molar-refractivity contribution in [2.45, 2.75) is 20.8 Å². The second-order valence-electron chi connectivity index (χ2n) is 6.25. The number of rotatable bonds is 2. The van der Waals surface area contributed by atoms with Crippen LogP contribution in [0.25, 0.3) is 0 Å². The van der Waals surface area contributed by atoms with E-state index in [9.17, 15) is 4.79 Å². The van der Waals surface area contributed by atoms with Crippen LogP contribution in [0.1, 0.15) is 27.0 Å². The van der Waals surface area contributed by atoms with Crippen molar-refractivity contribution in [3.8, 4) is 0 Å². The van der Waals surface area contributed by atoms with Gasteiger partial charge in [0.2, 0.25) is 0 Å². The molecular weight excluding hydrogens is 366 g/mol. The Morgan fingerprint density at radius 1 is 1.04 bits per heavy atom. The maximum absolute atomic E-state index is 13.0. The maximum atomic E-state index is 13.0. The Balaban J connectivity index is 1.74. The molecule has 126 valence electrons. The highest BCUT2D eigenvalue weighted by molar-refractivity contribution is 9.10. The van der Waals surface area contributed by atoms with E-state index in [1.54, 1.807) is 0 Å². The molecule has 1 aliphatic rings. The van der Waals surface area contributed by atoms with Gasteiger partial charge in [-0.25, -0.2) is 4.98 Å². The third-order valence-electron chi connectivity index (χ3n) is 4.93. The predicted molar refractivity (Wildman–Crippen MR) is 101 cm³/mol. The van der Waals surface area contributed by atoms with Gasteiger partial charge >= 0.3 is 0 Å². The van der Waals surface area contributed by atoms with E-state index in [0.717, 1.165) is 47.6 Å². The summed E-state index contributed by atoms with van der Waals surface area (Å²) in [5.74, 6) is 1.10. The van der Waals surface area contributed by atoms with Gasteiger partial charge in [-0.1, -0.05) is 22.0 Å². The summed E-state index contributed by atoms with van der Waals surface area (Å²) < 4.78 is 1.00. The van der Waals surface area contributed by atoms with E-state index in [2.05, 4.69) is 39.7 Å². The van der Waals surface area contributed by atoms with Crippen LogP contribution in [0.2, 0.25) is 0 Å². The molecule has 0 spiro atoms. The molecule has 1 saturated heterocycles. The van der Waals surface area contributed by atoms with Gasteiger partial charge in [-0.15, -0.1) is 0 Å². The van der Waals surface area contributed by atoms with Crippen LogP contribution in [0.15, 0.2) is 34.9 Å². The van der Waals surface area contributed by atoms with Gasteiger partial charge in [0.25, 0.3) is 5.91 Å². The number of aromatic nitrogens is 1. The lowest BCUT2D eigenvalue weighted by atomic mass is 9.98. The summed E-state index contributed by atoms with van der Waals surface area (Å²) in [5, 5.41) is 0. The van der Waals surface area contributed by atoms with Crippen molar-refractivity contribution in [1.82, 2.24) is 9.88 Å². The molecule has 0 aliphatic carbocycles. The number of nitrogens with zero attached hydrogens (tertiary/aromatic N) is 3. The Morgan fingerprint density at radius 2 is 1.75 bits per heavy atom. The molecule has 0 bridgehead atoms. The van der Waals surface area contributed by atoms with E-state index in [1.165, 1.54) is 11.1 Å². The van der Waals surface area contributed by atoms with Gasteiger partial charge in [0.05, 0.1) is 0 Å². The number of amides is 1. The van der Waals surface area contributed by atoms with Crippen LogP contribution < -0.4 is 4.90 Å². The SMILES string of the molecule is Cc1c(Br)cc(C(=O)N2CCN(c3ccccn3)CC2)c(C)c1C. The van der Waals surface area contributed by atoms with E-state index < -0.39 is 0 Å². The smallest absolute Gasteiger partial charge is 0.254 e. The number of piperazine rings is 1. The van der Waals surface area contributed by atoms with E-state index in [-0.39, 0.29) is 5.91 Å². The van der Waals surface area contributed by atoms with Crippen LogP contribution in [0.5, 0.6) is 0 Å². The summed E-state index contributed by atoms with van der Waals surface area (Å²) in [5.41, 5.74) is 4.26. The lowest BCUT2D eigenvalue weighted by Crippen LogP contribution is -2.49. The van der Waals surface area contributed by atoms with Crippen molar-refractivity contribution in [3.05, 3.63) is 57.2 Å². The summed E-state index contributed by atoms with van der Waals surface area (Å²) in [4.78, 5) is 21.5. The first-order valence-electron chi connectivity index (χ1n) is 8.20. The molecule has 1 amide bonds. The molecule has 0 atom stereocenters. The minimum Gasteiger partial charge on any atom is -0.353 e. The molecule has 0 radical (unpaired) electrons. The van der Waals surface area contributed by atoms with Gasteiger partial charge < -0.3 is 9.80 Å². The van der Waals surface area contributed by atoms with Crippen molar-refractivity contribution in [2.75, 3.05) is 31.1 Å². The summed E-state index contributed by atoms with van der Waals surface area (Å²) in [7, 11) is 0. The molecule has 0 N–H and O–H groups in total. The Kier molecular flexibility index (Phi) is 4.90. The van der Waals surface area contributed by atoms with Crippen molar-refractivity contribution in [2.24, 2.45) is 0 Å². The fraction of sp³-hybridized carbons (Fsp3) is 0.368. The molecule has 4 nitrogen and oxygen atoms in total. The first kappa shape index (κ1) is 17.0. The normalized spacial score (nSPS) is 14.8. The van der Waals surface area contributed by atoms with Crippen molar-refractivity contribution >= 4 is 27.7 Å². The molecule has 1 fully saturated rings. The molecule has 1 aliphatic heterocycles. The first-order chi connectivity index (χ1) is 11.5. The topological polar surface area (TPSA) is 36.4 Å². The van der Waals surface area contributed by atoms with Crippen LogP contribution in [-0.2, 0) is 0 Å². The summed E-state index contributed by atoms with van der Waals surface area (Å²) in [6.45, 7) is 9.25. The highest BCUT2D eigenvalue weighted by Crippen LogP contribution is 2.27. The van der Waals surface area contributed by atoms with Gasteiger partial charge in [0, 0.05) is 42.4 Å². The molecule has 0 saturated carbocycles. The zero-order valence-corrected chi connectivity index (χ0v) is 15.9. The van der Waals surface area contributed by atoms with Crippen LogP contribution in [-0.4, -0.2) is 42.0 Å². The second kappa shape index (κ2) is 6.93. The van der Waals surface area contributed by atoms with E-state index in [4.69, 9.17) is 0 Å². The van der Waals surface area contributed by atoms with Gasteiger partial charge in [-0.05, 0) is 55.7 Å². The fourth-order valence-corrected chi connectivity index (χ4v) is 3.60. The summed E-state index contributed by atoms with van der Waals surface area (Å²) >= 11 is 3.58. The number of carbonyl (C=O) groups is 1. The highest BCUT2D eigenvalue weighted by atomic mass is 79.9. The standard InChI is InChI=1S/C19H22BrN3O/c1-13-14(2)16(12-17(20)15(13)3)19(24)23-10-8-22(9-11-23)18-6-4-5-7-21-18/h4-7,12H,8-11H2,1-3H3. The van der Waals surface area contributed by atoms with Crippen molar-refractivity contribution in [1.29, 1.82) is 0 Å². The van der Waals surface area contributed by atoms with Gasteiger partial charge in [0.1, 0.15) is 5.82 Å². The van der Waals surface area contributed by atoms with Crippen molar-refractivity contribution in [3.63, 3.8) is 0 Å². The summed E-state index contributed by atoms with van der Waals surface area (Å²) in [6, 6.07) is 7.90. The molecule has 0 unspecified atom stereocenters. The van der Waals surface area contributed by atoms with Crippen LogP contribution in [0.4, 0.5) is 5.82 Å². The fourth-order valence-electron chi connectivity index (χ4n) is 3.08. The Hall–Kier alpha value is -1.88. The average Bonchev–Trinajstić information content (AvgIpc) is 2.63. The second-order valence-corrected chi connectivity index (χ2v) is 7.10. The third-order valence-corrected chi connectivity index (χ3v) is 5.75. The molecule has 2 heterocycles. The zero-order chi connectivity index (χ0) is 17.3. The number of carbonyl (C=O) groups excluding carboxylic acids is 1. The third kappa shape index (κ3) is 3.18. The van der Waals surface area contributed by atoms with E-state index in [1.807, 2.05) is 42.3 Å². The van der Waals surface area contributed by atoms with Crippen LogP contribution >= 0.6 is 15.9 Å². The van der Waals surface area contributed by atoms with Gasteiger partial charge in [0.15, 0.2) is 0 Å². The van der Waals surface area contributed by atoms with Crippen LogP contribution in [0.3, 0.4) is 0 Å². The number of hydrogen-bond acceptors (Lipinski definition) is 3. The predicted octanol–water partition coefficient (Wildman–Crippen LogP) is 3.73. The molecule has 1 aromatic carbocycles. The number of pyridine rings is 1. The molecule has 2 aromatic rings. The molecule has 24 heavy (non-hydrogen) atoms. The first-order valence-corrected chi connectivity index (χ1v) is 9.00. The lowest BCUT2D eigenvalue weighted by molar-refractivity contribution is 0.0745. The average molecular weight is 388 g/mol. The zero-order valence-electron chi connectivity index (χ0n) is 14.3. The molecular formula is C19H22BrN3O. The lowest BCUT2D eigenvalue weighted by Gasteiger charge is -2.35. The maximum Gasteiger partial charge on any atom is 0.254 e. The monoisotopic (exact) mass is 387 g/mol. The summed E-state index contributed by atoms with van der Waals surface area (Å²) in [6.07, 6.45) is 1.81. The van der Waals surface area contributed by atoms with E-state index in [0.29, 0.717) is 0 Å². The Labute approximate surface area is 151 Å². The van der Waals surface area contributed by atoms with E-state index >= 15 is 0 Å². The number of halogens is 1. The minimum atomic E-state index is 0.122. The molecule has 3 rings (SSSR count). The Morgan fingerprint density at radius 3 is 2.38 bits per heavy atom. The Bertz CT molecular complexity index is 753. The van der Waals surface area contributed by atoms with Crippen molar-refractivity contribution < 1.29 is 4.79 Å². The quantitative estimate of drug-likeness (QED) is 0.787. The molecule has 5 heteroatoms. The van der Waals surface area contributed by atoms with Gasteiger partial charge in [-0.3, -0.25) is 4.79 Å². The largest absolute Gasteiger partial charge is 0.353 e.